The average molecular weight is 374 g/mol. The molecule has 2 rings (SSSR count). The van der Waals surface area contributed by atoms with Gasteiger partial charge in [-0.05, 0) is 25.1 Å². The highest BCUT2D eigenvalue weighted by atomic mass is 79.9. The Morgan fingerprint density at radius 3 is 2.90 bits per heavy atom. The molecular formula is C14H14BrClN2O3. The summed E-state index contributed by atoms with van der Waals surface area (Å²) in [6.07, 6.45) is 1.47. The van der Waals surface area contributed by atoms with Gasteiger partial charge in [0.25, 0.3) is 0 Å². The molecule has 0 radical (unpaired) electrons. The molecule has 0 saturated heterocycles. The molecule has 0 atom stereocenters. The molecule has 0 bridgehead atoms. The van der Waals surface area contributed by atoms with Crippen molar-refractivity contribution in [2.45, 2.75) is 13.5 Å². The fourth-order valence-corrected chi connectivity index (χ4v) is 2.48. The highest BCUT2D eigenvalue weighted by Gasteiger charge is 2.18. The van der Waals surface area contributed by atoms with Crippen LogP contribution in [0, 0.1) is 0 Å². The fourth-order valence-electron chi connectivity index (χ4n) is 1.75. The molecule has 0 aliphatic carbocycles. The zero-order valence-electron chi connectivity index (χ0n) is 11.6. The van der Waals surface area contributed by atoms with Crippen molar-refractivity contribution >= 4 is 33.5 Å². The molecule has 112 valence electrons. The molecule has 2 aromatic rings. The standard InChI is InChI=1S/C14H14BrClN2O3/c1-3-20-14(19)10-7-17-18(2)12(10)8-21-13-5-4-9(15)6-11(13)16/h4-7H,3,8H2,1-2H3. The zero-order chi connectivity index (χ0) is 15.4. The Bertz CT molecular complexity index is 658. The van der Waals surface area contributed by atoms with Gasteiger partial charge >= 0.3 is 5.97 Å². The third-order valence-electron chi connectivity index (χ3n) is 2.82. The Morgan fingerprint density at radius 1 is 1.48 bits per heavy atom. The maximum absolute atomic E-state index is 11.8. The van der Waals surface area contributed by atoms with Gasteiger partial charge in [-0.2, -0.15) is 5.10 Å². The quantitative estimate of drug-likeness (QED) is 0.752. The van der Waals surface area contributed by atoms with Gasteiger partial charge in [-0.25, -0.2) is 4.79 Å². The molecule has 7 heteroatoms. The van der Waals surface area contributed by atoms with Crippen molar-refractivity contribution in [1.82, 2.24) is 9.78 Å². The molecule has 0 N–H and O–H groups in total. The lowest BCUT2D eigenvalue weighted by Crippen LogP contribution is -2.11. The number of benzene rings is 1. The molecule has 1 aromatic carbocycles. The number of halogens is 2. The van der Waals surface area contributed by atoms with Crippen LogP contribution in [0.25, 0.3) is 0 Å². The van der Waals surface area contributed by atoms with Gasteiger partial charge in [-0.1, -0.05) is 27.5 Å². The maximum atomic E-state index is 11.8. The lowest BCUT2D eigenvalue weighted by atomic mass is 10.2. The first-order chi connectivity index (χ1) is 10.0. The number of aryl methyl sites for hydroxylation is 1. The van der Waals surface area contributed by atoms with Gasteiger partial charge in [0.15, 0.2) is 0 Å². The summed E-state index contributed by atoms with van der Waals surface area (Å²) in [6, 6.07) is 5.33. The van der Waals surface area contributed by atoms with E-state index < -0.39 is 5.97 Å². The average Bonchev–Trinajstić information content (AvgIpc) is 2.79. The van der Waals surface area contributed by atoms with Gasteiger partial charge in [0.05, 0.1) is 23.5 Å². The second-order valence-electron chi connectivity index (χ2n) is 4.21. The number of aromatic nitrogens is 2. The Balaban J connectivity index is 2.16. The molecule has 0 fully saturated rings. The van der Waals surface area contributed by atoms with E-state index in [2.05, 4.69) is 21.0 Å². The molecule has 0 saturated carbocycles. The van der Waals surface area contributed by atoms with E-state index in [9.17, 15) is 4.79 Å². The predicted octanol–water partition coefficient (Wildman–Crippen LogP) is 3.59. The number of hydrogen-bond acceptors (Lipinski definition) is 4. The minimum Gasteiger partial charge on any atom is -0.486 e. The minimum atomic E-state index is -0.411. The summed E-state index contributed by atoms with van der Waals surface area (Å²) in [6.45, 7) is 2.24. The van der Waals surface area contributed by atoms with Crippen molar-refractivity contribution in [3.63, 3.8) is 0 Å². The van der Waals surface area contributed by atoms with E-state index in [0.29, 0.717) is 28.6 Å². The van der Waals surface area contributed by atoms with E-state index in [1.165, 1.54) is 6.20 Å². The van der Waals surface area contributed by atoms with Crippen LogP contribution >= 0.6 is 27.5 Å². The molecule has 0 spiro atoms. The van der Waals surface area contributed by atoms with Gasteiger partial charge in [0.1, 0.15) is 17.9 Å². The first-order valence-electron chi connectivity index (χ1n) is 6.28. The van der Waals surface area contributed by atoms with Crippen LogP contribution in [0.2, 0.25) is 5.02 Å². The van der Waals surface area contributed by atoms with Crippen LogP contribution in [-0.4, -0.2) is 22.4 Å². The second-order valence-corrected chi connectivity index (χ2v) is 5.54. The van der Waals surface area contributed by atoms with E-state index >= 15 is 0 Å². The van der Waals surface area contributed by atoms with Crippen LogP contribution in [0.4, 0.5) is 0 Å². The summed E-state index contributed by atoms with van der Waals surface area (Å²) < 4.78 is 13.1. The lowest BCUT2D eigenvalue weighted by Gasteiger charge is -2.10. The number of hydrogen-bond donors (Lipinski definition) is 0. The van der Waals surface area contributed by atoms with E-state index in [4.69, 9.17) is 21.1 Å². The smallest absolute Gasteiger partial charge is 0.341 e. The van der Waals surface area contributed by atoms with Gasteiger partial charge in [0.2, 0.25) is 0 Å². The number of nitrogens with zero attached hydrogens (tertiary/aromatic N) is 2. The van der Waals surface area contributed by atoms with Crippen molar-refractivity contribution in [3.05, 3.63) is 45.1 Å². The fraction of sp³-hybridized carbons (Fsp3) is 0.286. The van der Waals surface area contributed by atoms with E-state index in [-0.39, 0.29) is 6.61 Å². The number of rotatable bonds is 5. The van der Waals surface area contributed by atoms with Crippen LogP contribution in [0.15, 0.2) is 28.9 Å². The third-order valence-corrected chi connectivity index (χ3v) is 3.60. The molecule has 5 nitrogen and oxygen atoms in total. The summed E-state index contributed by atoms with van der Waals surface area (Å²) in [5.74, 6) is 0.127. The highest BCUT2D eigenvalue weighted by Crippen LogP contribution is 2.28. The second kappa shape index (κ2) is 6.95. The van der Waals surface area contributed by atoms with Crippen molar-refractivity contribution in [2.75, 3.05) is 6.61 Å². The summed E-state index contributed by atoms with van der Waals surface area (Å²) in [4.78, 5) is 11.8. The molecule has 0 unspecified atom stereocenters. The molecule has 0 amide bonds. The zero-order valence-corrected chi connectivity index (χ0v) is 13.9. The largest absolute Gasteiger partial charge is 0.486 e. The molecule has 0 aliphatic heterocycles. The lowest BCUT2D eigenvalue weighted by molar-refractivity contribution is 0.0523. The minimum absolute atomic E-state index is 0.173. The number of esters is 1. The van der Waals surface area contributed by atoms with Gasteiger partial charge in [0, 0.05) is 11.5 Å². The first-order valence-corrected chi connectivity index (χ1v) is 7.46. The normalized spacial score (nSPS) is 10.5. The van der Waals surface area contributed by atoms with Crippen molar-refractivity contribution in [1.29, 1.82) is 0 Å². The van der Waals surface area contributed by atoms with Crippen molar-refractivity contribution in [2.24, 2.45) is 7.05 Å². The number of ether oxygens (including phenoxy) is 2. The van der Waals surface area contributed by atoms with Gasteiger partial charge in [-0.3, -0.25) is 4.68 Å². The van der Waals surface area contributed by atoms with Crippen molar-refractivity contribution in [3.8, 4) is 5.75 Å². The van der Waals surface area contributed by atoms with E-state index in [1.54, 1.807) is 30.8 Å². The summed E-state index contributed by atoms with van der Waals surface area (Å²) in [5, 5.41) is 4.55. The number of carbonyl (C=O) groups excluding carboxylic acids is 1. The monoisotopic (exact) mass is 372 g/mol. The summed E-state index contributed by atoms with van der Waals surface area (Å²) in [5.41, 5.74) is 1.03. The maximum Gasteiger partial charge on any atom is 0.341 e. The Labute approximate surface area is 135 Å². The number of carbonyl (C=O) groups is 1. The highest BCUT2D eigenvalue weighted by molar-refractivity contribution is 9.10. The van der Waals surface area contributed by atoms with Crippen LogP contribution in [0.3, 0.4) is 0 Å². The molecule has 0 aliphatic rings. The predicted molar refractivity (Wildman–Crippen MR) is 82.6 cm³/mol. The molecule has 21 heavy (non-hydrogen) atoms. The Kier molecular flexibility index (Phi) is 5.25. The van der Waals surface area contributed by atoms with Crippen LogP contribution < -0.4 is 4.74 Å². The summed E-state index contributed by atoms with van der Waals surface area (Å²) >= 11 is 9.42. The van der Waals surface area contributed by atoms with Crippen LogP contribution in [-0.2, 0) is 18.4 Å². The van der Waals surface area contributed by atoms with E-state index in [1.807, 2.05) is 6.07 Å². The molecular weight excluding hydrogens is 360 g/mol. The van der Waals surface area contributed by atoms with Crippen molar-refractivity contribution < 1.29 is 14.3 Å². The van der Waals surface area contributed by atoms with Crippen LogP contribution in [0.1, 0.15) is 23.0 Å². The first kappa shape index (κ1) is 15.9. The third kappa shape index (κ3) is 3.77. The molecule has 1 aromatic heterocycles. The molecule has 1 heterocycles. The Hall–Kier alpha value is -1.53. The van der Waals surface area contributed by atoms with Gasteiger partial charge < -0.3 is 9.47 Å². The summed E-state index contributed by atoms with van der Waals surface area (Å²) in [7, 11) is 1.74. The van der Waals surface area contributed by atoms with Gasteiger partial charge in [-0.15, -0.1) is 0 Å². The Morgan fingerprint density at radius 2 is 2.24 bits per heavy atom. The topological polar surface area (TPSA) is 53.3 Å². The SMILES string of the molecule is CCOC(=O)c1cnn(C)c1COc1ccc(Br)cc1Cl. The van der Waals surface area contributed by atoms with Crippen LogP contribution in [0.5, 0.6) is 5.75 Å². The van der Waals surface area contributed by atoms with E-state index in [0.717, 1.165) is 4.47 Å².